The molecule has 2 nitrogen and oxygen atoms in total. The molecule has 1 amide bonds. The SMILES string of the molecule is CC(=O)NCCC=Cc1c(C(C)C)cccc1C(C)C. The zero-order valence-electron chi connectivity index (χ0n) is 13.4. The van der Waals surface area contributed by atoms with E-state index in [0.717, 1.165) is 6.42 Å². The van der Waals surface area contributed by atoms with E-state index < -0.39 is 0 Å². The molecule has 0 aliphatic rings. The Labute approximate surface area is 123 Å². The molecule has 0 aliphatic carbocycles. The van der Waals surface area contributed by atoms with Crippen LogP contribution in [0.25, 0.3) is 6.08 Å². The van der Waals surface area contributed by atoms with Crippen molar-refractivity contribution in [2.24, 2.45) is 0 Å². The second-order valence-electron chi connectivity index (χ2n) is 5.83. The van der Waals surface area contributed by atoms with E-state index in [1.54, 1.807) is 6.92 Å². The third-order valence-electron chi connectivity index (χ3n) is 3.39. The first-order chi connectivity index (χ1) is 9.43. The molecule has 0 aliphatic heterocycles. The summed E-state index contributed by atoms with van der Waals surface area (Å²) in [6.45, 7) is 11.2. The Balaban J connectivity index is 2.90. The van der Waals surface area contributed by atoms with Crippen LogP contribution in [0.15, 0.2) is 24.3 Å². The summed E-state index contributed by atoms with van der Waals surface area (Å²) in [6.07, 6.45) is 5.24. The van der Waals surface area contributed by atoms with Crippen LogP contribution in [0.3, 0.4) is 0 Å². The minimum absolute atomic E-state index is 0.0313. The van der Waals surface area contributed by atoms with Gasteiger partial charge in [-0.3, -0.25) is 4.79 Å². The molecule has 1 rings (SSSR count). The fourth-order valence-corrected chi connectivity index (χ4v) is 2.33. The molecule has 0 saturated heterocycles. The Morgan fingerprint density at radius 3 is 2.15 bits per heavy atom. The highest BCUT2D eigenvalue weighted by molar-refractivity contribution is 5.72. The Morgan fingerprint density at radius 1 is 1.15 bits per heavy atom. The average Bonchev–Trinajstić information content (AvgIpc) is 2.37. The molecule has 20 heavy (non-hydrogen) atoms. The Morgan fingerprint density at radius 2 is 1.70 bits per heavy atom. The van der Waals surface area contributed by atoms with Gasteiger partial charge in [-0.15, -0.1) is 0 Å². The van der Waals surface area contributed by atoms with Gasteiger partial charge in [-0.25, -0.2) is 0 Å². The van der Waals surface area contributed by atoms with Crippen molar-refractivity contribution in [2.45, 2.75) is 52.9 Å². The lowest BCUT2D eigenvalue weighted by molar-refractivity contribution is -0.118. The third-order valence-corrected chi connectivity index (χ3v) is 3.39. The van der Waals surface area contributed by atoms with Gasteiger partial charge in [-0.1, -0.05) is 58.0 Å². The summed E-state index contributed by atoms with van der Waals surface area (Å²) >= 11 is 0. The zero-order valence-corrected chi connectivity index (χ0v) is 13.4. The van der Waals surface area contributed by atoms with E-state index in [4.69, 9.17) is 0 Å². The van der Waals surface area contributed by atoms with E-state index >= 15 is 0 Å². The Bertz CT molecular complexity index is 446. The van der Waals surface area contributed by atoms with Crippen molar-refractivity contribution >= 4 is 12.0 Å². The van der Waals surface area contributed by atoms with Gasteiger partial charge in [0.05, 0.1) is 0 Å². The third kappa shape index (κ3) is 4.84. The number of carbonyl (C=O) groups is 1. The standard InChI is InChI=1S/C18H27NO/c1-13(2)16-10-8-11-17(14(3)4)18(16)9-6-7-12-19-15(5)20/h6,8-11,13-14H,7,12H2,1-5H3,(H,19,20). The van der Waals surface area contributed by atoms with Gasteiger partial charge in [0.15, 0.2) is 0 Å². The lowest BCUT2D eigenvalue weighted by Gasteiger charge is -2.17. The van der Waals surface area contributed by atoms with Gasteiger partial charge < -0.3 is 5.32 Å². The van der Waals surface area contributed by atoms with Crippen LogP contribution in [0, 0.1) is 0 Å². The first-order valence-corrected chi connectivity index (χ1v) is 7.47. The molecule has 0 aromatic heterocycles. The number of carbonyl (C=O) groups excluding carboxylic acids is 1. The van der Waals surface area contributed by atoms with Crippen LogP contribution in [0.2, 0.25) is 0 Å². The van der Waals surface area contributed by atoms with Crippen LogP contribution >= 0.6 is 0 Å². The van der Waals surface area contributed by atoms with E-state index in [1.165, 1.54) is 16.7 Å². The molecule has 0 atom stereocenters. The predicted octanol–water partition coefficient (Wildman–Crippen LogP) is 4.47. The first kappa shape index (κ1) is 16.5. The monoisotopic (exact) mass is 273 g/mol. The lowest BCUT2D eigenvalue weighted by Crippen LogP contribution is -2.20. The lowest BCUT2D eigenvalue weighted by atomic mass is 9.88. The Kier molecular flexibility index (Phi) is 6.50. The number of nitrogens with one attached hydrogen (secondary N) is 1. The maximum atomic E-state index is 10.8. The van der Waals surface area contributed by atoms with Crippen LogP contribution < -0.4 is 5.32 Å². The van der Waals surface area contributed by atoms with Crippen LogP contribution in [-0.2, 0) is 4.79 Å². The van der Waals surface area contributed by atoms with Crippen molar-refractivity contribution in [2.75, 3.05) is 6.54 Å². The molecular weight excluding hydrogens is 246 g/mol. The van der Waals surface area contributed by atoms with Crippen molar-refractivity contribution in [3.63, 3.8) is 0 Å². The first-order valence-electron chi connectivity index (χ1n) is 7.47. The molecule has 0 fully saturated rings. The fourth-order valence-electron chi connectivity index (χ4n) is 2.33. The smallest absolute Gasteiger partial charge is 0.216 e. The summed E-state index contributed by atoms with van der Waals surface area (Å²) in [4.78, 5) is 10.8. The fraction of sp³-hybridized carbons (Fsp3) is 0.500. The van der Waals surface area contributed by atoms with E-state index in [-0.39, 0.29) is 5.91 Å². The molecule has 2 heteroatoms. The van der Waals surface area contributed by atoms with Gasteiger partial charge in [-0.2, -0.15) is 0 Å². The van der Waals surface area contributed by atoms with Crippen molar-refractivity contribution < 1.29 is 4.79 Å². The molecule has 0 heterocycles. The summed E-state index contributed by atoms with van der Waals surface area (Å²) in [7, 11) is 0. The molecule has 110 valence electrons. The van der Waals surface area contributed by atoms with Gasteiger partial charge in [0.25, 0.3) is 0 Å². The van der Waals surface area contributed by atoms with Crippen LogP contribution in [-0.4, -0.2) is 12.5 Å². The van der Waals surface area contributed by atoms with Crippen molar-refractivity contribution in [3.8, 4) is 0 Å². The largest absolute Gasteiger partial charge is 0.356 e. The minimum Gasteiger partial charge on any atom is -0.356 e. The number of hydrogen-bond acceptors (Lipinski definition) is 1. The number of benzene rings is 1. The van der Waals surface area contributed by atoms with E-state index in [2.05, 4.69) is 63.4 Å². The maximum Gasteiger partial charge on any atom is 0.216 e. The van der Waals surface area contributed by atoms with Gasteiger partial charge in [-0.05, 0) is 34.9 Å². The zero-order chi connectivity index (χ0) is 15.1. The summed E-state index contributed by atoms with van der Waals surface area (Å²) in [5, 5.41) is 2.82. The topological polar surface area (TPSA) is 29.1 Å². The summed E-state index contributed by atoms with van der Waals surface area (Å²) in [5.74, 6) is 1.07. The van der Waals surface area contributed by atoms with Crippen molar-refractivity contribution in [1.29, 1.82) is 0 Å². The molecule has 0 radical (unpaired) electrons. The van der Waals surface area contributed by atoms with Crippen LogP contribution in [0.5, 0.6) is 0 Å². The average molecular weight is 273 g/mol. The number of hydrogen-bond donors (Lipinski definition) is 1. The van der Waals surface area contributed by atoms with Gasteiger partial charge in [0, 0.05) is 13.5 Å². The molecule has 1 N–H and O–H groups in total. The predicted molar refractivity (Wildman–Crippen MR) is 87.0 cm³/mol. The highest BCUT2D eigenvalue weighted by Gasteiger charge is 2.10. The summed E-state index contributed by atoms with van der Waals surface area (Å²) in [6, 6.07) is 6.58. The molecule has 0 bridgehead atoms. The van der Waals surface area contributed by atoms with Crippen molar-refractivity contribution in [1.82, 2.24) is 5.32 Å². The van der Waals surface area contributed by atoms with Gasteiger partial charge in [0.1, 0.15) is 0 Å². The summed E-state index contributed by atoms with van der Waals surface area (Å²) in [5.41, 5.74) is 4.14. The highest BCUT2D eigenvalue weighted by atomic mass is 16.1. The minimum atomic E-state index is 0.0313. The molecule has 0 unspecified atom stereocenters. The van der Waals surface area contributed by atoms with Gasteiger partial charge >= 0.3 is 0 Å². The second-order valence-corrected chi connectivity index (χ2v) is 5.83. The summed E-state index contributed by atoms with van der Waals surface area (Å²) < 4.78 is 0. The van der Waals surface area contributed by atoms with Crippen molar-refractivity contribution in [3.05, 3.63) is 41.0 Å². The quantitative estimate of drug-likeness (QED) is 0.761. The second kappa shape index (κ2) is 7.88. The molecule has 0 spiro atoms. The van der Waals surface area contributed by atoms with Crippen LogP contribution in [0.4, 0.5) is 0 Å². The van der Waals surface area contributed by atoms with Gasteiger partial charge in [0.2, 0.25) is 5.91 Å². The normalized spacial score (nSPS) is 11.6. The van der Waals surface area contributed by atoms with E-state index in [9.17, 15) is 4.79 Å². The highest BCUT2D eigenvalue weighted by Crippen LogP contribution is 2.28. The number of rotatable bonds is 6. The molecule has 1 aromatic carbocycles. The molecular formula is C18H27NO. The molecule has 1 aromatic rings. The Hall–Kier alpha value is -1.57. The van der Waals surface area contributed by atoms with E-state index in [1.807, 2.05) is 0 Å². The maximum absolute atomic E-state index is 10.8. The van der Waals surface area contributed by atoms with Crippen LogP contribution in [0.1, 0.15) is 69.6 Å². The van der Waals surface area contributed by atoms with E-state index in [0.29, 0.717) is 18.4 Å². The molecule has 0 saturated carbocycles. The number of amides is 1.